The van der Waals surface area contributed by atoms with Crippen molar-refractivity contribution in [3.8, 4) is 11.5 Å². The molecule has 1 saturated carbocycles. The molecule has 108 valence electrons. The monoisotopic (exact) mass is 287 g/mol. The Morgan fingerprint density at radius 3 is 2.42 bits per heavy atom. The summed E-state index contributed by atoms with van der Waals surface area (Å²) < 4.78 is 10.5. The normalized spacial score (nSPS) is 17.9. The molecule has 0 aliphatic heterocycles. The van der Waals surface area contributed by atoms with Crippen molar-refractivity contribution in [2.45, 2.75) is 31.4 Å². The molecule has 2 rings (SSSR count). The molecule has 0 radical (unpaired) electrons. The van der Waals surface area contributed by atoms with Crippen LogP contribution in [0.3, 0.4) is 0 Å². The minimum absolute atomic E-state index is 0. The average molecular weight is 288 g/mol. The Bertz CT molecular complexity index is 410. The lowest BCUT2D eigenvalue weighted by atomic mass is 9.77. The molecule has 0 heterocycles. The topological polar surface area (TPSA) is 64.7 Å². The van der Waals surface area contributed by atoms with Crippen molar-refractivity contribution in [1.29, 1.82) is 0 Å². The van der Waals surface area contributed by atoms with E-state index in [1.54, 1.807) is 20.3 Å². The lowest BCUT2D eigenvalue weighted by molar-refractivity contribution is 0.0407. The van der Waals surface area contributed by atoms with E-state index in [0.29, 0.717) is 11.7 Å². The van der Waals surface area contributed by atoms with Gasteiger partial charge in [-0.3, -0.25) is 0 Å². The van der Waals surface area contributed by atoms with Crippen molar-refractivity contribution < 1.29 is 14.6 Å². The van der Waals surface area contributed by atoms with Gasteiger partial charge in [0.1, 0.15) is 11.5 Å². The Labute approximate surface area is 120 Å². The SMILES string of the molecule is COc1ccc([C@H](N)[C@H](O)C2CCC2)c(OC)c1.Cl. The molecule has 1 fully saturated rings. The molecule has 0 spiro atoms. The summed E-state index contributed by atoms with van der Waals surface area (Å²) in [6.45, 7) is 0. The van der Waals surface area contributed by atoms with Gasteiger partial charge in [0.25, 0.3) is 0 Å². The van der Waals surface area contributed by atoms with Crippen LogP contribution in [-0.2, 0) is 0 Å². The summed E-state index contributed by atoms with van der Waals surface area (Å²) in [6.07, 6.45) is 2.82. The molecule has 0 saturated heterocycles. The molecule has 2 atom stereocenters. The van der Waals surface area contributed by atoms with E-state index >= 15 is 0 Å². The maximum Gasteiger partial charge on any atom is 0.127 e. The van der Waals surface area contributed by atoms with Crippen LogP contribution >= 0.6 is 12.4 Å². The summed E-state index contributed by atoms with van der Waals surface area (Å²) in [4.78, 5) is 0. The largest absolute Gasteiger partial charge is 0.497 e. The molecular weight excluding hydrogens is 266 g/mol. The fourth-order valence-corrected chi connectivity index (χ4v) is 2.35. The Balaban J connectivity index is 0.00000180. The number of aliphatic hydroxyl groups is 1. The van der Waals surface area contributed by atoms with Crippen LogP contribution in [0.5, 0.6) is 11.5 Å². The second-order valence-electron chi connectivity index (χ2n) is 4.82. The lowest BCUT2D eigenvalue weighted by Crippen LogP contribution is -2.36. The van der Waals surface area contributed by atoms with Gasteiger partial charge in [0, 0.05) is 11.6 Å². The quantitative estimate of drug-likeness (QED) is 0.872. The Kier molecular flexibility index (Phi) is 5.91. The highest BCUT2D eigenvalue weighted by molar-refractivity contribution is 5.85. The van der Waals surface area contributed by atoms with Gasteiger partial charge in [-0.05, 0) is 30.9 Å². The van der Waals surface area contributed by atoms with E-state index < -0.39 is 12.1 Å². The number of hydrogen-bond donors (Lipinski definition) is 2. The molecule has 4 nitrogen and oxygen atoms in total. The highest BCUT2D eigenvalue weighted by Gasteiger charge is 2.31. The minimum Gasteiger partial charge on any atom is -0.497 e. The van der Waals surface area contributed by atoms with Crippen molar-refractivity contribution in [1.82, 2.24) is 0 Å². The first-order chi connectivity index (χ1) is 8.67. The Morgan fingerprint density at radius 1 is 1.26 bits per heavy atom. The van der Waals surface area contributed by atoms with Gasteiger partial charge in [-0.1, -0.05) is 6.42 Å². The molecule has 0 unspecified atom stereocenters. The van der Waals surface area contributed by atoms with Crippen LogP contribution in [0.4, 0.5) is 0 Å². The first-order valence-corrected chi connectivity index (χ1v) is 6.33. The zero-order chi connectivity index (χ0) is 13.1. The predicted molar refractivity (Wildman–Crippen MR) is 77.1 cm³/mol. The summed E-state index contributed by atoms with van der Waals surface area (Å²) in [5, 5.41) is 10.2. The van der Waals surface area contributed by atoms with Gasteiger partial charge in [-0.25, -0.2) is 0 Å². The van der Waals surface area contributed by atoms with E-state index in [2.05, 4.69) is 0 Å². The standard InChI is InChI=1S/C14H21NO3.ClH/c1-17-10-6-7-11(12(8-10)18-2)13(15)14(16)9-4-3-5-9;/h6-9,13-14,16H,3-5,15H2,1-2H3;1H/t13-,14+;/m0./s1. The second kappa shape index (κ2) is 6.98. The van der Waals surface area contributed by atoms with Crippen molar-refractivity contribution in [2.75, 3.05) is 14.2 Å². The fourth-order valence-electron chi connectivity index (χ4n) is 2.35. The summed E-state index contributed by atoms with van der Waals surface area (Å²) in [7, 11) is 3.21. The van der Waals surface area contributed by atoms with Crippen LogP contribution in [0.25, 0.3) is 0 Å². The molecule has 1 aliphatic carbocycles. The number of benzene rings is 1. The summed E-state index contributed by atoms with van der Waals surface area (Å²) in [5.41, 5.74) is 6.98. The maximum absolute atomic E-state index is 10.2. The van der Waals surface area contributed by atoms with Crippen molar-refractivity contribution in [3.63, 3.8) is 0 Å². The van der Waals surface area contributed by atoms with E-state index in [4.69, 9.17) is 15.2 Å². The number of ether oxygens (including phenoxy) is 2. The van der Waals surface area contributed by atoms with Crippen LogP contribution in [0.2, 0.25) is 0 Å². The van der Waals surface area contributed by atoms with Crippen molar-refractivity contribution >= 4 is 12.4 Å². The first-order valence-electron chi connectivity index (χ1n) is 6.33. The van der Waals surface area contributed by atoms with Gasteiger partial charge in [-0.15, -0.1) is 12.4 Å². The van der Waals surface area contributed by atoms with E-state index in [9.17, 15) is 5.11 Å². The number of methoxy groups -OCH3 is 2. The third-order valence-corrected chi connectivity index (χ3v) is 3.80. The third-order valence-electron chi connectivity index (χ3n) is 3.80. The second-order valence-corrected chi connectivity index (χ2v) is 4.82. The average Bonchev–Trinajstić information content (AvgIpc) is 2.34. The molecule has 0 bridgehead atoms. The molecular formula is C14H22ClNO3. The number of rotatable bonds is 5. The first kappa shape index (κ1) is 16.1. The predicted octanol–water partition coefficient (Wildman–Crippen LogP) is 2.29. The molecule has 0 aromatic heterocycles. The van der Waals surface area contributed by atoms with E-state index in [1.807, 2.05) is 12.1 Å². The summed E-state index contributed by atoms with van der Waals surface area (Å²) in [6, 6.07) is 5.09. The Morgan fingerprint density at radius 2 is 1.95 bits per heavy atom. The maximum atomic E-state index is 10.2. The summed E-state index contributed by atoms with van der Waals surface area (Å²) in [5.74, 6) is 1.72. The van der Waals surface area contributed by atoms with Crippen LogP contribution in [0, 0.1) is 5.92 Å². The molecule has 0 amide bonds. The summed E-state index contributed by atoms with van der Waals surface area (Å²) >= 11 is 0. The lowest BCUT2D eigenvalue weighted by Gasteiger charge is -2.34. The highest BCUT2D eigenvalue weighted by atomic mass is 35.5. The molecule has 3 N–H and O–H groups in total. The number of nitrogens with two attached hydrogens (primary N) is 1. The molecule has 19 heavy (non-hydrogen) atoms. The zero-order valence-electron chi connectivity index (χ0n) is 11.3. The van der Waals surface area contributed by atoms with Gasteiger partial charge < -0.3 is 20.3 Å². The van der Waals surface area contributed by atoms with Gasteiger partial charge in [-0.2, -0.15) is 0 Å². The van der Waals surface area contributed by atoms with Crippen LogP contribution < -0.4 is 15.2 Å². The fraction of sp³-hybridized carbons (Fsp3) is 0.571. The molecule has 1 aromatic carbocycles. The Hall–Kier alpha value is -0.970. The van der Waals surface area contributed by atoms with Crippen molar-refractivity contribution in [3.05, 3.63) is 23.8 Å². The molecule has 5 heteroatoms. The van der Waals surface area contributed by atoms with Gasteiger partial charge in [0.15, 0.2) is 0 Å². The van der Waals surface area contributed by atoms with E-state index in [0.717, 1.165) is 24.2 Å². The smallest absolute Gasteiger partial charge is 0.127 e. The number of hydrogen-bond acceptors (Lipinski definition) is 4. The van der Waals surface area contributed by atoms with Crippen LogP contribution in [-0.4, -0.2) is 25.4 Å². The minimum atomic E-state index is -0.499. The van der Waals surface area contributed by atoms with Gasteiger partial charge in [0.05, 0.1) is 26.4 Å². The van der Waals surface area contributed by atoms with E-state index in [1.165, 1.54) is 6.42 Å². The molecule has 1 aliphatic rings. The molecule has 1 aromatic rings. The van der Waals surface area contributed by atoms with Crippen molar-refractivity contribution in [2.24, 2.45) is 11.7 Å². The number of halogens is 1. The van der Waals surface area contributed by atoms with Gasteiger partial charge in [0.2, 0.25) is 0 Å². The third kappa shape index (κ3) is 3.32. The van der Waals surface area contributed by atoms with Gasteiger partial charge >= 0.3 is 0 Å². The van der Waals surface area contributed by atoms with E-state index in [-0.39, 0.29) is 12.4 Å². The van der Waals surface area contributed by atoms with Crippen LogP contribution in [0.1, 0.15) is 30.9 Å². The zero-order valence-corrected chi connectivity index (χ0v) is 12.2. The number of aliphatic hydroxyl groups excluding tert-OH is 1. The van der Waals surface area contributed by atoms with Crippen LogP contribution in [0.15, 0.2) is 18.2 Å². The highest BCUT2D eigenvalue weighted by Crippen LogP contribution is 2.37.